The number of fused-ring (bicyclic) bond motifs is 4. The summed E-state index contributed by atoms with van der Waals surface area (Å²) in [4.78, 5) is 49.7. The van der Waals surface area contributed by atoms with Crippen LogP contribution in [0.2, 0.25) is 0 Å². The molecule has 3 fully saturated rings. The van der Waals surface area contributed by atoms with Crippen LogP contribution in [0.25, 0.3) is 32.9 Å². The maximum atomic E-state index is 13.0. The Hall–Kier alpha value is -7.22. The number of pyridine rings is 2. The van der Waals surface area contributed by atoms with E-state index in [-0.39, 0.29) is 49.7 Å². The van der Waals surface area contributed by atoms with Gasteiger partial charge in [-0.2, -0.15) is 5.26 Å². The summed E-state index contributed by atoms with van der Waals surface area (Å²) < 4.78 is 20.8. The molecular formula is C49H43N7O6. The number of imide groups is 1. The van der Waals surface area contributed by atoms with Crippen LogP contribution in [0.1, 0.15) is 65.6 Å². The zero-order valence-corrected chi connectivity index (χ0v) is 34.2. The van der Waals surface area contributed by atoms with E-state index in [0.29, 0.717) is 29.2 Å². The fourth-order valence-corrected chi connectivity index (χ4v) is 9.12. The second kappa shape index (κ2) is 16.3. The molecule has 0 bridgehead atoms. The minimum atomic E-state index is -0.667. The highest BCUT2D eigenvalue weighted by Gasteiger charge is 2.39. The number of benzene rings is 3. The van der Waals surface area contributed by atoms with Gasteiger partial charge in [0, 0.05) is 104 Å². The number of aryl methyl sites for hydroxylation is 1. The third-order valence-corrected chi connectivity index (χ3v) is 12.5. The van der Waals surface area contributed by atoms with Gasteiger partial charge in [-0.1, -0.05) is 24.0 Å². The molecule has 2 saturated heterocycles. The minimum absolute atomic E-state index is 0.0727. The quantitative estimate of drug-likeness (QED) is 0.127. The second-order valence-electron chi connectivity index (χ2n) is 16.4. The molecule has 1 saturated carbocycles. The third kappa shape index (κ3) is 7.56. The standard InChI is InChI=1S/C49H43N7O6/c1-54-42-14-17-51-28-41(42)40-9-6-31(23-45(40)54)33-7-13-47(52-27-33)62-38-24-37(25-38)61-35-15-18-55(19-16-35)44-21-30(4-5-32(44)26-50)3-2-20-60-36-8-10-39-34(22-36)29-56(49(39)59)43-11-12-46(57)53-48(43)58/h4-10,13-14,17,21-23,27-28,35,37-38,43H,11-12,15-16,18-20,24-25,29H2,1H3,(H,53,57,58). The van der Waals surface area contributed by atoms with Crippen molar-refractivity contribution in [3.63, 3.8) is 0 Å². The molecule has 10 rings (SSSR count). The van der Waals surface area contributed by atoms with Gasteiger partial charge in [0.05, 0.1) is 29.0 Å². The Bertz CT molecular complexity index is 2860. The molecule has 13 heteroatoms. The van der Waals surface area contributed by atoms with E-state index in [1.807, 2.05) is 48.9 Å². The van der Waals surface area contributed by atoms with Gasteiger partial charge in [-0.3, -0.25) is 24.7 Å². The maximum Gasteiger partial charge on any atom is 0.255 e. The van der Waals surface area contributed by atoms with E-state index in [9.17, 15) is 19.6 Å². The highest BCUT2D eigenvalue weighted by Crippen LogP contribution is 2.35. The first-order valence-electron chi connectivity index (χ1n) is 21.1. The molecule has 1 aliphatic carbocycles. The molecule has 0 radical (unpaired) electrons. The van der Waals surface area contributed by atoms with Gasteiger partial charge in [0.1, 0.15) is 30.6 Å². The van der Waals surface area contributed by atoms with Gasteiger partial charge in [-0.15, -0.1) is 0 Å². The van der Waals surface area contributed by atoms with Crippen LogP contribution in [0.5, 0.6) is 11.6 Å². The fourth-order valence-electron chi connectivity index (χ4n) is 9.12. The maximum absolute atomic E-state index is 13.0. The molecule has 13 nitrogen and oxygen atoms in total. The monoisotopic (exact) mass is 825 g/mol. The number of nitrogens with zero attached hydrogens (tertiary/aromatic N) is 6. The van der Waals surface area contributed by atoms with Crippen LogP contribution in [0.15, 0.2) is 91.4 Å². The Balaban J connectivity index is 0.682. The van der Waals surface area contributed by atoms with Gasteiger partial charge in [-0.05, 0) is 85.0 Å². The van der Waals surface area contributed by atoms with Crippen molar-refractivity contribution in [2.45, 2.75) is 69.4 Å². The van der Waals surface area contributed by atoms with Crippen LogP contribution >= 0.6 is 0 Å². The van der Waals surface area contributed by atoms with Crippen molar-refractivity contribution in [2.75, 3.05) is 24.6 Å². The van der Waals surface area contributed by atoms with Crippen molar-refractivity contribution in [1.29, 1.82) is 5.26 Å². The lowest BCUT2D eigenvalue weighted by atomic mass is 9.91. The Morgan fingerprint density at radius 2 is 1.71 bits per heavy atom. The number of carbonyl (C=O) groups is 3. The molecule has 6 heterocycles. The summed E-state index contributed by atoms with van der Waals surface area (Å²) in [6.45, 7) is 1.94. The van der Waals surface area contributed by atoms with E-state index in [1.54, 1.807) is 18.2 Å². The van der Waals surface area contributed by atoms with E-state index in [2.05, 4.69) is 74.0 Å². The summed E-state index contributed by atoms with van der Waals surface area (Å²) in [7, 11) is 2.08. The molecule has 0 spiro atoms. The zero-order valence-electron chi connectivity index (χ0n) is 34.2. The summed E-state index contributed by atoms with van der Waals surface area (Å²) >= 11 is 0. The number of aromatic nitrogens is 3. The van der Waals surface area contributed by atoms with Gasteiger partial charge in [0.15, 0.2) is 0 Å². The lowest BCUT2D eigenvalue weighted by molar-refractivity contribution is -0.136. The van der Waals surface area contributed by atoms with Crippen molar-refractivity contribution < 1.29 is 28.6 Å². The van der Waals surface area contributed by atoms with Crippen molar-refractivity contribution in [2.24, 2.45) is 7.05 Å². The van der Waals surface area contributed by atoms with Gasteiger partial charge in [0.2, 0.25) is 17.7 Å². The summed E-state index contributed by atoms with van der Waals surface area (Å²) in [6, 6.07) is 25.1. The number of rotatable bonds is 9. The smallest absolute Gasteiger partial charge is 0.255 e. The molecule has 1 atom stereocenters. The summed E-state index contributed by atoms with van der Waals surface area (Å²) in [6.07, 6.45) is 9.89. The van der Waals surface area contributed by atoms with Crippen LogP contribution < -0.4 is 19.7 Å². The van der Waals surface area contributed by atoms with E-state index in [0.717, 1.165) is 83.1 Å². The van der Waals surface area contributed by atoms with Crippen LogP contribution in [-0.4, -0.2) is 81.2 Å². The van der Waals surface area contributed by atoms with Crippen LogP contribution in [0.3, 0.4) is 0 Å². The number of hydrogen-bond donors (Lipinski definition) is 1. The van der Waals surface area contributed by atoms with Crippen molar-refractivity contribution in [1.82, 2.24) is 24.8 Å². The van der Waals surface area contributed by atoms with Gasteiger partial charge < -0.3 is 28.6 Å². The highest BCUT2D eigenvalue weighted by molar-refractivity contribution is 6.08. The molecule has 1 N–H and O–H groups in total. The number of nitriles is 1. The predicted octanol–water partition coefficient (Wildman–Crippen LogP) is 6.45. The SMILES string of the molecule is Cn1c2ccncc2c2ccc(-c3ccc(OC4CC(OC5CCN(c6cc(C#CCOc7ccc8c(c7)CN(C7CCC(=O)NC7=O)C8=O)ccc6C#N)CC5)C4)nc3)cc21. The van der Waals surface area contributed by atoms with Crippen molar-refractivity contribution in [3.8, 4) is 40.7 Å². The van der Waals surface area contributed by atoms with Crippen LogP contribution in [0, 0.1) is 23.2 Å². The lowest BCUT2D eigenvalue weighted by Crippen LogP contribution is -2.52. The number of carbonyl (C=O) groups excluding carboxylic acids is 3. The Morgan fingerprint density at radius 3 is 2.52 bits per heavy atom. The van der Waals surface area contributed by atoms with Gasteiger partial charge in [0.25, 0.3) is 5.91 Å². The first-order valence-corrected chi connectivity index (χ1v) is 21.1. The van der Waals surface area contributed by atoms with E-state index in [4.69, 9.17) is 14.2 Å². The van der Waals surface area contributed by atoms with E-state index >= 15 is 0 Å². The summed E-state index contributed by atoms with van der Waals surface area (Å²) in [5.74, 6) is 6.45. The number of amides is 3. The predicted molar refractivity (Wildman–Crippen MR) is 231 cm³/mol. The van der Waals surface area contributed by atoms with Gasteiger partial charge in [-0.25, -0.2) is 4.98 Å². The second-order valence-corrected chi connectivity index (χ2v) is 16.4. The molecule has 6 aromatic rings. The first-order chi connectivity index (χ1) is 30.3. The summed E-state index contributed by atoms with van der Waals surface area (Å²) in [5.41, 5.74) is 7.99. The van der Waals surface area contributed by atoms with Crippen molar-refractivity contribution in [3.05, 3.63) is 114 Å². The van der Waals surface area contributed by atoms with Crippen molar-refractivity contribution >= 4 is 45.2 Å². The van der Waals surface area contributed by atoms with E-state index < -0.39 is 11.9 Å². The molecule has 3 aliphatic heterocycles. The normalized spacial score (nSPS) is 20.0. The topological polar surface area (TPSA) is 152 Å². The molecule has 62 heavy (non-hydrogen) atoms. The number of piperidine rings is 2. The number of anilines is 1. The van der Waals surface area contributed by atoms with E-state index in [1.165, 1.54) is 10.3 Å². The minimum Gasteiger partial charge on any atom is -0.481 e. The summed E-state index contributed by atoms with van der Waals surface area (Å²) in [5, 5.41) is 14.6. The zero-order chi connectivity index (χ0) is 42.3. The highest BCUT2D eigenvalue weighted by atomic mass is 16.5. The molecule has 3 aromatic carbocycles. The fraction of sp³-hybridized carbons (Fsp3) is 0.306. The molecule has 3 aromatic heterocycles. The molecule has 4 aliphatic rings. The largest absolute Gasteiger partial charge is 0.481 e. The molecule has 1 unspecified atom stereocenters. The molecule has 3 amide bonds. The molecule has 310 valence electrons. The Labute approximate surface area is 358 Å². The number of hydrogen-bond acceptors (Lipinski definition) is 10. The van der Waals surface area contributed by atoms with Gasteiger partial charge >= 0.3 is 0 Å². The number of nitrogens with one attached hydrogen (secondary N) is 1. The third-order valence-electron chi connectivity index (χ3n) is 12.5. The molecular weight excluding hydrogens is 783 g/mol. The Morgan fingerprint density at radius 1 is 0.855 bits per heavy atom. The lowest BCUT2D eigenvalue weighted by Gasteiger charge is -2.40. The average Bonchev–Trinajstić information content (AvgIpc) is 3.76. The van der Waals surface area contributed by atoms with Crippen LogP contribution in [-0.2, 0) is 27.9 Å². The first kappa shape index (κ1) is 38.9. The average molecular weight is 826 g/mol. The van der Waals surface area contributed by atoms with Crippen LogP contribution in [0.4, 0.5) is 5.69 Å². The Kier molecular flexibility index (Phi) is 10.3. The number of ether oxygens (including phenoxy) is 3.